The van der Waals surface area contributed by atoms with Crippen LogP contribution < -0.4 is 10.2 Å². The van der Waals surface area contributed by atoms with Crippen LogP contribution in [0.3, 0.4) is 0 Å². The topological polar surface area (TPSA) is 101 Å². The molecule has 4 rings (SSSR count). The lowest BCUT2D eigenvalue weighted by atomic mass is 10.2. The Balaban J connectivity index is 1.46. The molecule has 0 bridgehead atoms. The summed E-state index contributed by atoms with van der Waals surface area (Å²) in [7, 11) is 0. The van der Waals surface area contributed by atoms with Crippen molar-refractivity contribution < 1.29 is 13.9 Å². The number of carbonyl (C=O) groups is 1. The second-order valence-electron chi connectivity index (χ2n) is 7.87. The lowest BCUT2D eigenvalue weighted by Crippen LogP contribution is -2.35. The molecular formula is C22H25Cl2FN8O2. The van der Waals surface area contributed by atoms with E-state index in [4.69, 9.17) is 27.9 Å². The summed E-state index contributed by atoms with van der Waals surface area (Å²) < 4.78 is 20.2. The van der Waals surface area contributed by atoms with Gasteiger partial charge in [0.25, 0.3) is 0 Å². The van der Waals surface area contributed by atoms with Gasteiger partial charge in [-0.2, -0.15) is 4.68 Å². The third-order valence-corrected chi connectivity index (χ3v) is 6.41. The van der Waals surface area contributed by atoms with Gasteiger partial charge in [-0.15, -0.1) is 0 Å². The molecule has 0 atom stereocenters. The first-order chi connectivity index (χ1) is 17.0. The number of benzene rings is 1. The van der Waals surface area contributed by atoms with Crippen molar-refractivity contribution in [3.63, 3.8) is 0 Å². The van der Waals surface area contributed by atoms with E-state index in [-0.39, 0.29) is 22.6 Å². The number of pyridine rings is 1. The van der Waals surface area contributed by atoms with E-state index in [1.54, 1.807) is 13.1 Å². The van der Waals surface area contributed by atoms with Crippen molar-refractivity contribution >= 4 is 40.9 Å². The molecule has 1 aromatic carbocycles. The molecule has 0 spiro atoms. The Bertz CT molecular complexity index is 1180. The highest BCUT2D eigenvalue weighted by atomic mass is 35.5. The summed E-state index contributed by atoms with van der Waals surface area (Å²) in [4.78, 5) is 20.8. The van der Waals surface area contributed by atoms with Gasteiger partial charge >= 0.3 is 5.97 Å². The minimum absolute atomic E-state index is 0.0148. The number of ether oxygens (including phenoxy) is 1. The van der Waals surface area contributed by atoms with Crippen LogP contribution in [0.5, 0.6) is 0 Å². The molecule has 1 aliphatic rings. The van der Waals surface area contributed by atoms with Gasteiger partial charge in [0.2, 0.25) is 5.95 Å². The minimum Gasteiger partial charge on any atom is -0.465 e. The Morgan fingerprint density at radius 1 is 1.17 bits per heavy atom. The van der Waals surface area contributed by atoms with Gasteiger partial charge in [0.15, 0.2) is 0 Å². The number of nitrogens with one attached hydrogen (secondary N) is 1. The predicted molar refractivity (Wildman–Crippen MR) is 131 cm³/mol. The lowest BCUT2D eigenvalue weighted by molar-refractivity contribution is -0.144. The van der Waals surface area contributed by atoms with Crippen LogP contribution in [0.25, 0.3) is 5.69 Å². The molecule has 10 nitrogen and oxygen atoms in total. The maximum absolute atomic E-state index is 13.7. The van der Waals surface area contributed by atoms with Gasteiger partial charge in [-0.1, -0.05) is 34.4 Å². The van der Waals surface area contributed by atoms with Crippen LogP contribution in [0.4, 0.5) is 16.2 Å². The molecule has 186 valence electrons. The quantitative estimate of drug-likeness (QED) is 0.352. The second-order valence-corrected chi connectivity index (χ2v) is 8.63. The second kappa shape index (κ2) is 11.6. The molecule has 13 heteroatoms. The fourth-order valence-corrected chi connectivity index (χ4v) is 4.29. The first kappa shape index (κ1) is 25.1. The summed E-state index contributed by atoms with van der Waals surface area (Å²) in [6.45, 7) is 5.94. The smallest absolute Gasteiger partial charge is 0.320 e. The minimum atomic E-state index is -0.624. The fourth-order valence-electron chi connectivity index (χ4n) is 3.90. The van der Waals surface area contributed by atoms with E-state index in [1.165, 1.54) is 16.8 Å². The highest BCUT2D eigenvalue weighted by Crippen LogP contribution is 2.31. The van der Waals surface area contributed by atoms with Crippen molar-refractivity contribution in [1.82, 2.24) is 30.1 Å². The third kappa shape index (κ3) is 5.98. The zero-order valence-electron chi connectivity index (χ0n) is 19.1. The highest BCUT2D eigenvalue weighted by Gasteiger charge is 2.21. The SMILES string of the molecule is CCOC(=O)CN1CCCN(c2ncccc2CNc2nnnn2-c2ccc(F)c(Cl)c2Cl)CC1. The van der Waals surface area contributed by atoms with Gasteiger partial charge in [0.05, 0.1) is 28.9 Å². The summed E-state index contributed by atoms with van der Waals surface area (Å²) >= 11 is 12.2. The van der Waals surface area contributed by atoms with Crippen LogP contribution in [0.2, 0.25) is 10.0 Å². The Labute approximate surface area is 212 Å². The van der Waals surface area contributed by atoms with Crippen molar-refractivity contribution in [2.75, 3.05) is 49.5 Å². The van der Waals surface area contributed by atoms with E-state index in [0.29, 0.717) is 24.8 Å². The number of hydrogen-bond donors (Lipinski definition) is 1. The molecule has 1 N–H and O–H groups in total. The van der Waals surface area contributed by atoms with Crippen LogP contribution in [-0.2, 0) is 16.1 Å². The van der Waals surface area contributed by atoms with Crippen LogP contribution in [0.1, 0.15) is 18.9 Å². The van der Waals surface area contributed by atoms with Crippen molar-refractivity contribution in [1.29, 1.82) is 0 Å². The van der Waals surface area contributed by atoms with E-state index >= 15 is 0 Å². The number of tetrazole rings is 1. The highest BCUT2D eigenvalue weighted by molar-refractivity contribution is 6.43. The average molecular weight is 523 g/mol. The monoisotopic (exact) mass is 522 g/mol. The number of nitrogens with zero attached hydrogens (tertiary/aromatic N) is 7. The molecule has 1 aliphatic heterocycles. The van der Waals surface area contributed by atoms with Crippen LogP contribution in [0.15, 0.2) is 30.5 Å². The van der Waals surface area contributed by atoms with Crippen LogP contribution >= 0.6 is 23.2 Å². The van der Waals surface area contributed by atoms with E-state index in [9.17, 15) is 9.18 Å². The molecule has 0 unspecified atom stereocenters. The van der Waals surface area contributed by atoms with Gasteiger partial charge in [0.1, 0.15) is 11.6 Å². The molecule has 0 aliphatic carbocycles. The molecule has 2 aromatic heterocycles. The molecule has 1 saturated heterocycles. The van der Waals surface area contributed by atoms with Crippen molar-refractivity contribution in [2.24, 2.45) is 0 Å². The number of rotatable bonds is 8. The molecule has 0 amide bonds. The Kier molecular flexibility index (Phi) is 8.32. The van der Waals surface area contributed by atoms with Gasteiger partial charge in [-0.05, 0) is 42.0 Å². The van der Waals surface area contributed by atoms with E-state index in [2.05, 4.69) is 35.6 Å². The molecule has 3 heterocycles. The van der Waals surface area contributed by atoms with Gasteiger partial charge in [-0.3, -0.25) is 9.69 Å². The zero-order valence-corrected chi connectivity index (χ0v) is 20.6. The number of aromatic nitrogens is 5. The summed E-state index contributed by atoms with van der Waals surface area (Å²) in [5.74, 6) is 0.339. The normalized spacial score (nSPS) is 14.6. The number of anilines is 2. The van der Waals surface area contributed by atoms with Gasteiger partial charge in [0, 0.05) is 44.5 Å². The van der Waals surface area contributed by atoms with Crippen molar-refractivity contribution in [2.45, 2.75) is 19.9 Å². The maximum atomic E-state index is 13.7. The van der Waals surface area contributed by atoms with Gasteiger partial charge in [-0.25, -0.2) is 9.37 Å². The largest absolute Gasteiger partial charge is 0.465 e. The van der Waals surface area contributed by atoms with E-state index in [0.717, 1.165) is 44.0 Å². The Hall–Kier alpha value is -3.02. The maximum Gasteiger partial charge on any atom is 0.320 e. The fraction of sp³-hybridized carbons (Fsp3) is 0.409. The zero-order chi connectivity index (χ0) is 24.8. The van der Waals surface area contributed by atoms with E-state index < -0.39 is 5.82 Å². The molecular weight excluding hydrogens is 498 g/mol. The van der Waals surface area contributed by atoms with E-state index in [1.807, 2.05) is 12.1 Å². The summed E-state index contributed by atoms with van der Waals surface area (Å²) in [5, 5.41) is 14.7. The lowest BCUT2D eigenvalue weighted by Gasteiger charge is -2.24. The van der Waals surface area contributed by atoms with Crippen molar-refractivity contribution in [3.8, 4) is 5.69 Å². The van der Waals surface area contributed by atoms with Crippen LogP contribution in [-0.4, -0.2) is 75.4 Å². The summed E-state index contributed by atoms with van der Waals surface area (Å²) in [6, 6.07) is 6.51. The third-order valence-electron chi connectivity index (χ3n) is 5.56. The Morgan fingerprint density at radius 2 is 2.03 bits per heavy atom. The van der Waals surface area contributed by atoms with Gasteiger partial charge < -0.3 is 15.0 Å². The molecule has 35 heavy (non-hydrogen) atoms. The first-order valence-corrected chi connectivity index (χ1v) is 12.0. The number of carbonyl (C=O) groups excluding carboxylic acids is 1. The predicted octanol–water partition coefficient (Wildman–Crippen LogP) is 3.19. The standard InChI is InChI=1S/C22H25Cl2FN8O2/c1-2-35-18(34)14-31-9-4-10-32(12-11-31)21-15(5-3-8-26-21)13-27-22-28-29-30-33(22)17-7-6-16(25)19(23)20(17)24/h3,5-8H,2,4,9-14H2,1H3,(H,27,28,30). The van der Waals surface area contributed by atoms with Crippen LogP contribution in [0, 0.1) is 5.82 Å². The number of esters is 1. The summed E-state index contributed by atoms with van der Waals surface area (Å²) in [5.41, 5.74) is 1.30. The molecule has 0 radical (unpaired) electrons. The number of halogens is 3. The summed E-state index contributed by atoms with van der Waals surface area (Å²) in [6.07, 6.45) is 2.65. The molecule has 1 fully saturated rings. The van der Waals surface area contributed by atoms with Crippen molar-refractivity contribution in [3.05, 3.63) is 51.9 Å². The first-order valence-electron chi connectivity index (χ1n) is 11.2. The molecule has 0 saturated carbocycles. The average Bonchev–Trinajstić information content (AvgIpc) is 3.19. The molecule has 3 aromatic rings. The number of hydrogen-bond acceptors (Lipinski definition) is 9. The Morgan fingerprint density at radius 3 is 2.86 bits per heavy atom.